The first-order chi connectivity index (χ1) is 7.81. The standard InChI is InChI=1S/C12H22F2O2S/c1-10(2)16-11(15)9-17-8-6-4-5-7-12(3,13)14/h10H,4-9H2,1-3H3. The van der Waals surface area contributed by atoms with E-state index in [0.717, 1.165) is 25.5 Å². The van der Waals surface area contributed by atoms with Gasteiger partial charge in [-0.3, -0.25) is 4.79 Å². The Bertz CT molecular complexity index is 215. The van der Waals surface area contributed by atoms with Crippen LogP contribution in [-0.4, -0.2) is 29.5 Å². The molecule has 2 nitrogen and oxygen atoms in total. The average Bonchev–Trinajstić information content (AvgIpc) is 2.13. The second-order valence-corrected chi connectivity index (χ2v) is 5.58. The number of unbranched alkanes of at least 4 members (excludes halogenated alkanes) is 2. The van der Waals surface area contributed by atoms with Crippen molar-refractivity contribution in [2.24, 2.45) is 0 Å². The Balaban J connectivity index is 3.27. The van der Waals surface area contributed by atoms with Crippen molar-refractivity contribution in [3.8, 4) is 0 Å². The second kappa shape index (κ2) is 8.72. The van der Waals surface area contributed by atoms with Crippen molar-refractivity contribution in [2.75, 3.05) is 11.5 Å². The lowest BCUT2D eigenvalue weighted by molar-refractivity contribution is -0.144. The van der Waals surface area contributed by atoms with Crippen LogP contribution in [0.3, 0.4) is 0 Å². The molecule has 0 aliphatic carbocycles. The average molecular weight is 268 g/mol. The molecule has 5 heteroatoms. The fourth-order valence-electron chi connectivity index (χ4n) is 1.27. The first-order valence-corrected chi connectivity index (χ1v) is 7.12. The predicted molar refractivity (Wildman–Crippen MR) is 67.6 cm³/mol. The smallest absolute Gasteiger partial charge is 0.316 e. The van der Waals surface area contributed by atoms with Crippen LogP contribution in [0.1, 0.15) is 46.5 Å². The summed E-state index contributed by atoms with van der Waals surface area (Å²) in [4.78, 5) is 11.1. The van der Waals surface area contributed by atoms with Crippen molar-refractivity contribution < 1.29 is 18.3 Å². The first kappa shape index (κ1) is 16.7. The van der Waals surface area contributed by atoms with Gasteiger partial charge in [0.05, 0.1) is 11.9 Å². The largest absolute Gasteiger partial charge is 0.462 e. The Labute approximate surface area is 106 Å². The molecule has 0 saturated heterocycles. The first-order valence-electron chi connectivity index (χ1n) is 5.96. The van der Waals surface area contributed by atoms with E-state index in [4.69, 9.17) is 4.74 Å². The van der Waals surface area contributed by atoms with Crippen LogP contribution < -0.4 is 0 Å². The van der Waals surface area contributed by atoms with Crippen LogP contribution in [0.25, 0.3) is 0 Å². The number of esters is 1. The molecule has 0 radical (unpaired) electrons. The predicted octanol–water partition coefficient (Wildman–Crippen LogP) is 3.89. The molecular weight excluding hydrogens is 246 g/mol. The zero-order valence-corrected chi connectivity index (χ0v) is 11.6. The number of alkyl halides is 2. The summed E-state index contributed by atoms with van der Waals surface area (Å²) in [5.41, 5.74) is 0. The summed E-state index contributed by atoms with van der Waals surface area (Å²) in [5.74, 6) is -1.58. The molecule has 0 amide bonds. The molecule has 0 bridgehead atoms. The zero-order valence-electron chi connectivity index (χ0n) is 10.8. The van der Waals surface area contributed by atoms with Gasteiger partial charge < -0.3 is 4.74 Å². The van der Waals surface area contributed by atoms with E-state index in [9.17, 15) is 13.6 Å². The van der Waals surface area contributed by atoms with Crippen LogP contribution in [0.4, 0.5) is 8.78 Å². The summed E-state index contributed by atoms with van der Waals surface area (Å²) in [6.45, 7) is 4.57. The molecule has 0 aromatic rings. The Hall–Kier alpha value is -0.320. The topological polar surface area (TPSA) is 26.3 Å². The molecule has 0 saturated carbocycles. The minimum absolute atomic E-state index is 0.0486. The molecule has 0 unspecified atom stereocenters. The van der Waals surface area contributed by atoms with Gasteiger partial charge in [0.15, 0.2) is 0 Å². The summed E-state index contributed by atoms with van der Waals surface area (Å²) in [6.07, 6.45) is 2.08. The summed E-state index contributed by atoms with van der Waals surface area (Å²) in [7, 11) is 0. The Morgan fingerprint density at radius 1 is 1.29 bits per heavy atom. The number of thioether (sulfide) groups is 1. The van der Waals surface area contributed by atoms with Crippen LogP contribution in [0, 0.1) is 0 Å². The summed E-state index contributed by atoms with van der Waals surface area (Å²) >= 11 is 1.50. The molecule has 0 aromatic heterocycles. The van der Waals surface area contributed by atoms with E-state index in [1.807, 2.05) is 13.8 Å². The number of hydrogen-bond donors (Lipinski definition) is 0. The van der Waals surface area contributed by atoms with Crippen LogP contribution in [0.2, 0.25) is 0 Å². The maximum atomic E-state index is 12.5. The molecule has 0 aliphatic rings. The van der Waals surface area contributed by atoms with E-state index in [0.29, 0.717) is 12.2 Å². The lowest BCUT2D eigenvalue weighted by Crippen LogP contribution is -2.13. The monoisotopic (exact) mass is 268 g/mol. The number of carbonyl (C=O) groups excluding carboxylic acids is 1. The highest BCUT2D eigenvalue weighted by atomic mass is 32.2. The van der Waals surface area contributed by atoms with Crippen molar-refractivity contribution in [1.29, 1.82) is 0 Å². The molecule has 0 heterocycles. The third kappa shape index (κ3) is 13.6. The highest BCUT2D eigenvalue weighted by molar-refractivity contribution is 7.99. The third-order valence-electron chi connectivity index (χ3n) is 1.99. The number of halogens is 2. The van der Waals surface area contributed by atoms with Crippen LogP contribution in [0.5, 0.6) is 0 Å². The molecule has 0 N–H and O–H groups in total. The molecule has 102 valence electrons. The molecule has 0 aromatic carbocycles. The Kier molecular flexibility index (Phi) is 8.56. The molecule has 0 rings (SSSR count). The number of carbonyl (C=O) groups is 1. The van der Waals surface area contributed by atoms with E-state index < -0.39 is 5.92 Å². The fraction of sp³-hybridized carbons (Fsp3) is 0.917. The SMILES string of the molecule is CC(C)OC(=O)CSCCCCCC(C)(F)F. The zero-order chi connectivity index (χ0) is 13.3. The normalized spacial score (nSPS) is 11.9. The lowest BCUT2D eigenvalue weighted by atomic mass is 10.1. The van der Waals surface area contributed by atoms with Crippen molar-refractivity contribution >= 4 is 17.7 Å². The minimum atomic E-state index is -2.55. The van der Waals surface area contributed by atoms with E-state index in [-0.39, 0.29) is 18.5 Å². The minimum Gasteiger partial charge on any atom is -0.462 e. The fourth-order valence-corrected chi connectivity index (χ4v) is 2.06. The van der Waals surface area contributed by atoms with Gasteiger partial charge in [-0.25, -0.2) is 8.78 Å². The van der Waals surface area contributed by atoms with Gasteiger partial charge in [-0.1, -0.05) is 6.42 Å². The van der Waals surface area contributed by atoms with E-state index in [1.165, 1.54) is 11.8 Å². The molecular formula is C12H22F2O2S. The van der Waals surface area contributed by atoms with Crippen molar-refractivity contribution in [1.82, 2.24) is 0 Å². The van der Waals surface area contributed by atoms with Gasteiger partial charge in [-0.15, -0.1) is 0 Å². The molecule has 0 fully saturated rings. The third-order valence-corrected chi connectivity index (χ3v) is 3.01. The van der Waals surface area contributed by atoms with Crippen molar-refractivity contribution in [3.63, 3.8) is 0 Å². The van der Waals surface area contributed by atoms with Gasteiger partial charge in [-0.05, 0) is 39.4 Å². The van der Waals surface area contributed by atoms with E-state index >= 15 is 0 Å². The molecule has 17 heavy (non-hydrogen) atoms. The number of rotatable bonds is 9. The van der Waals surface area contributed by atoms with Gasteiger partial charge >= 0.3 is 5.97 Å². The van der Waals surface area contributed by atoms with E-state index in [2.05, 4.69) is 0 Å². The quantitative estimate of drug-likeness (QED) is 0.469. The van der Waals surface area contributed by atoms with Crippen molar-refractivity contribution in [3.05, 3.63) is 0 Å². The lowest BCUT2D eigenvalue weighted by Gasteiger charge is -2.09. The summed E-state index contributed by atoms with van der Waals surface area (Å²) < 4.78 is 29.9. The number of ether oxygens (including phenoxy) is 1. The van der Waals surface area contributed by atoms with Gasteiger partial charge in [0.2, 0.25) is 5.92 Å². The summed E-state index contributed by atoms with van der Waals surface area (Å²) in [5, 5.41) is 0. The number of hydrogen-bond acceptors (Lipinski definition) is 3. The van der Waals surface area contributed by atoms with Crippen LogP contribution >= 0.6 is 11.8 Å². The second-order valence-electron chi connectivity index (χ2n) is 4.47. The van der Waals surface area contributed by atoms with Crippen LogP contribution in [0.15, 0.2) is 0 Å². The molecule has 0 atom stereocenters. The molecule has 0 aliphatic heterocycles. The Morgan fingerprint density at radius 3 is 2.47 bits per heavy atom. The van der Waals surface area contributed by atoms with Gasteiger partial charge in [-0.2, -0.15) is 11.8 Å². The van der Waals surface area contributed by atoms with Crippen molar-refractivity contribution in [2.45, 2.75) is 58.5 Å². The van der Waals surface area contributed by atoms with Gasteiger partial charge in [0.1, 0.15) is 0 Å². The molecule has 0 spiro atoms. The maximum Gasteiger partial charge on any atom is 0.316 e. The van der Waals surface area contributed by atoms with Gasteiger partial charge in [0, 0.05) is 6.42 Å². The van der Waals surface area contributed by atoms with Gasteiger partial charge in [0.25, 0.3) is 0 Å². The highest BCUT2D eigenvalue weighted by Crippen LogP contribution is 2.20. The van der Waals surface area contributed by atoms with E-state index in [1.54, 1.807) is 0 Å². The van der Waals surface area contributed by atoms with Crippen LogP contribution in [-0.2, 0) is 9.53 Å². The Morgan fingerprint density at radius 2 is 1.94 bits per heavy atom. The summed E-state index contributed by atoms with van der Waals surface area (Å²) in [6, 6.07) is 0. The highest BCUT2D eigenvalue weighted by Gasteiger charge is 2.19. The maximum absolute atomic E-state index is 12.5.